The minimum Gasteiger partial charge on any atom is -0.394 e. The molecule has 12 N–H and O–H groups in total. The number of aliphatic hydroxyl groups excluding tert-OH is 11. The summed E-state index contributed by atoms with van der Waals surface area (Å²) < 4.78 is 34.2. The van der Waals surface area contributed by atoms with Crippen molar-refractivity contribution in [3.8, 4) is 0 Å². The van der Waals surface area contributed by atoms with E-state index < -0.39 is 124 Å². The SMILES string of the molecule is CC/C=C\C/C=C\C/C=C\C/C=C\CCCCCCC(=O)NC(COC1OC(CO)C(OC2OC(CO)C(OC3OC(CO)C(O)C(O)C3O)C(O)C2O)C(O)C1O)C(O)/C=C/CC/C=C/CC/C=C/CCCCCCCCCCCCC. The third-order valence-corrected chi connectivity index (χ3v) is 15.2. The Bertz CT molecular complexity index is 1840. The standard InChI is InChI=1S/C64H109NO18/c1-3-5-7-9-11-13-15-17-19-21-22-23-24-26-27-29-31-33-35-37-39-41-48(69)47(65-52(70)42-40-38-36-34-32-30-28-25-20-18-16-14-12-10-8-6-4-2)46-78-62-58(76)55(73)60(50(44-67)80-62)83-64-59(77)56(74)61(51(45-68)81-64)82-63-57(75)54(72)53(71)49(43-66)79-63/h6,8,12,14,18,20,24,26,28,30-31,33,39,41,47-51,53-64,66-69,71-77H,3-5,7,9-11,13,15-17,19,21-23,25,27,29,32,34-38,40,42-46H2,1-2H3,(H,65,70)/b8-6-,14-12-,20-18-,26-24+,30-28-,33-31+,41-39+. The van der Waals surface area contributed by atoms with Gasteiger partial charge < -0.3 is 89.9 Å². The lowest BCUT2D eigenvalue weighted by atomic mass is 9.96. The maximum absolute atomic E-state index is 13.3. The first-order valence-electron chi connectivity index (χ1n) is 31.3. The first-order valence-corrected chi connectivity index (χ1v) is 31.3. The van der Waals surface area contributed by atoms with Gasteiger partial charge in [-0.3, -0.25) is 4.79 Å². The van der Waals surface area contributed by atoms with Crippen molar-refractivity contribution in [2.75, 3.05) is 26.4 Å². The molecule has 17 unspecified atom stereocenters. The molecule has 0 radical (unpaired) electrons. The molecule has 19 nitrogen and oxygen atoms in total. The Labute approximate surface area is 495 Å². The Balaban J connectivity index is 1.52. The smallest absolute Gasteiger partial charge is 0.220 e. The number of hydrogen-bond donors (Lipinski definition) is 12. The van der Waals surface area contributed by atoms with E-state index in [1.54, 1.807) is 6.08 Å². The fourth-order valence-electron chi connectivity index (χ4n) is 10.0. The molecule has 3 aliphatic heterocycles. The highest BCUT2D eigenvalue weighted by atomic mass is 16.8. The first-order chi connectivity index (χ1) is 40.3. The fourth-order valence-corrected chi connectivity index (χ4v) is 10.0. The number of unbranched alkanes of at least 4 members (excludes halogenated alkanes) is 17. The Morgan fingerprint density at radius 3 is 1.35 bits per heavy atom. The number of hydrogen-bond acceptors (Lipinski definition) is 18. The van der Waals surface area contributed by atoms with Crippen LogP contribution in [-0.2, 0) is 33.2 Å². The number of amides is 1. The van der Waals surface area contributed by atoms with Crippen LogP contribution >= 0.6 is 0 Å². The zero-order chi connectivity index (χ0) is 60.5. The molecule has 478 valence electrons. The van der Waals surface area contributed by atoms with E-state index >= 15 is 0 Å². The lowest BCUT2D eigenvalue weighted by Crippen LogP contribution is -2.66. The second-order valence-electron chi connectivity index (χ2n) is 22.1. The summed E-state index contributed by atoms with van der Waals surface area (Å²) >= 11 is 0. The zero-order valence-electron chi connectivity index (χ0n) is 49.9. The summed E-state index contributed by atoms with van der Waals surface area (Å²) in [7, 11) is 0. The number of allylic oxidation sites excluding steroid dienone is 13. The summed E-state index contributed by atoms with van der Waals surface area (Å²) in [5.74, 6) is -0.317. The van der Waals surface area contributed by atoms with Crippen molar-refractivity contribution in [1.29, 1.82) is 0 Å². The second kappa shape index (κ2) is 46.2. The molecule has 0 aromatic rings. The molecule has 0 aliphatic carbocycles. The Morgan fingerprint density at radius 2 is 0.843 bits per heavy atom. The van der Waals surface area contributed by atoms with Gasteiger partial charge in [0.15, 0.2) is 18.9 Å². The number of carbonyl (C=O) groups excluding carboxylic acids is 1. The molecule has 1 amide bonds. The molecule has 3 heterocycles. The van der Waals surface area contributed by atoms with Gasteiger partial charge in [-0.2, -0.15) is 0 Å². The van der Waals surface area contributed by atoms with Gasteiger partial charge in [0.1, 0.15) is 73.2 Å². The Kier molecular flexibility index (Phi) is 41.3. The molecule has 83 heavy (non-hydrogen) atoms. The van der Waals surface area contributed by atoms with Crippen LogP contribution in [0.3, 0.4) is 0 Å². The van der Waals surface area contributed by atoms with Crippen molar-refractivity contribution in [2.24, 2.45) is 0 Å². The van der Waals surface area contributed by atoms with Crippen LogP contribution in [0.1, 0.15) is 181 Å². The van der Waals surface area contributed by atoms with Crippen LogP contribution in [-0.4, -0.2) is 193 Å². The molecule has 0 bridgehead atoms. The van der Waals surface area contributed by atoms with E-state index in [0.29, 0.717) is 12.8 Å². The molecule has 3 rings (SSSR count). The number of carbonyl (C=O) groups is 1. The fraction of sp³-hybridized carbons (Fsp3) is 0.766. The summed E-state index contributed by atoms with van der Waals surface area (Å²) in [6.45, 7) is 1.55. The molecular weight excluding hydrogens is 1070 g/mol. The zero-order valence-corrected chi connectivity index (χ0v) is 49.9. The maximum Gasteiger partial charge on any atom is 0.220 e. The highest BCUT2D eigenvalue weighted by Gasteiger charge is 2.53. The van der Waals surface area contributed by atoms with E-state index in [9.17, 15) is 61.0 Å². The number of nitrogens with one attached hydrogen (secondary N) is 1. The summed E-state index contributed by atoms with van der Waals surface area (Å²) in [6, 6.07) is -1.01. The molecule has 0 aromatic carbocycles. The van der Waals surface area contributed by atoms with E-state index in [2.05, 4.69) is 92.1 Å². The van der Waals surface area contributed by atoms with E-state index in [-0.39, 0.29) is 18.9 Å². The van der Waals surface area contributed by atoms with Crippen LogP contribution in [0.4, 0.5) is 0 Å². The normalized spacial score (nSPS) is 30.0. The largest absolute Gasteiger partial charge is 0.394 e. The monoisotopic (exact) mass is 1180 g/mol. The molecule has 0 spiro atoms. The lowest BCUT2D eigenvalue weighted by molar-refractivity contribution is -0.379. The van der Waals surface area contributed by atoms with Gasteiger partial charge >= 0.3 is 0 Å². The van der Waals surface area contributed by atoms with Crippen molar-refractivity contribution in [2.45, 2.75) is 285 Å². The molecule has 0 saturated carbocycles. The molecule has 19 heteroatoms. The van der Waals surface area contributed by atoms with Gasteiger partial charge in [0.05, 0.1) is 38.6 Å². The lowest BCUT2D eigenvalue weighted by Gasteiger charge is -2.48. The third-order valence-electron chi connectivity index (χ3n) is 15.2. The van der Waals surface area contributed by atoms with E-state index in [1.807, 2.05) is 6.08 Å². The van der Waals surface area contributed by atoms with Crippen molar-refractivity contribution >= 4 is 5.91 Å². The molecule has 17 atom stereocenters. The minimum absolute atomic E-state index is 0.199. The second-order valence-corrected chi connectivity index (χ2v) is 22.1. The number of ether oxygens (including phenoxy) is 6. The summed E-state index contributed by atoms with van der Waals surface area (Å²) in [4.78, 5) is 13.3. The van der Waals surface area contributed by atoms with Gasteiger partial charge in [-0.15, -0.1) is 0 Å². The highest BCUT2D eigenvalue weighted by molar-refractivity contribution is 5.76. The average Bonchev–Trinajstić information content (AvgIpc) is 3.35. The summed E-state index contributed by atoms with van der Waals surface area (Å²) in [5, 5.41) is 120. The molecule has 3 fully saturated rings. The minimum atomic E-state index is -1.99. The average molecular weight is 1180 g/mol. The molecule has 3 saturated heterocycles. The van der Waals surface area contributed by atoms with Crippen LogP contribution in [0, 0.1) is 0 Å². The maximum atomic E-state index is 13.3. The first kappa shape index (κ1) is 74.2. The van der Waals surface area contributed by atoms with Crippen LogP contribution < -0.4 is 5.32 Å². The highest BCUT2D eigenvalue weighted by Crippen LogP contribution is 2.33. The van der Waals surface area contributed by atoms with Gasteiger partial charge in [0.25, 0.3) is 0 Å². The van der Waals surface area contributed by atoms with Crippen molar-refractivity contribution < 1.29 is 89.4 Å². The number of aliphatic hydroxyl groups is 11. The van der Waals surface area contributed by atoms with Gasteiger partial charge in [-0.1, -0.05) is 176 Å². The molecule has 3 aliphatic rings. The van der Waals surface area contributed by atoms with Crippen molar-refractivity contribution in [1.82, 2.24) is 5.32 Å². The number of rotatable bonds is 45. The van der Waals surface area contributed by atoms with Crippen LogP contribution in [0.5, 0.6) is 0 Å². The topological polar surface area (TPSA) is 307 Å². The predicted octanol–water partition coefficient (Wildman–Crippen LogP) is 6.37. The van der Waals surface area contributed by atoms with Gasteiger partial charge in [-0.25, -0.2) is 0 Å². The van der Waals surface area contributed by atoms with Gasteiger partial charge in [-0.05, 0) is 83.5 Å². The summed E-state index contributed by atoms with van der Waals surface area (Å²) in [5.41, 5.74) is 0. The van der Waals surface area contributed by atoms with Crippen molar-refractivity contribution in [3.63, 3.8) is 0 Å². The van der Waals surface area contributed by atoms with E-state index in [0.717, 1.165) is 77.0 Å². The molecular formula is C64H109NO18. The van der Waals surface area contributed by atoms with Gasteiger partial charge in [0.2, 0.25) is 5.91 Å². The van der Waals surface area contributed by atoms with Gasteiger partial charge in [0, 0.05) is 6.42 Å². The van der Waals surface area contributed by atoms with E-state index in [1.165, 1.54) is 70.6 Å². The predicted molar refractivity (Wildman–Crippen MR) is 318 cm³/mol. The van der Waals surface area contributed by atoms with E-state index in [4.69, 9.17) is 28.4 Å². The Morgan fingerprint density at radius 1 is 0.446 bits per heavy atom. The van der Waals surface area contributed by atoms with Crippen molar-refractivity contribution in [3.05, 3.63) is 85.1 Å². The van der Waals surface area contributed by atoms with Crippen LogP contribution in [0.15, 0.2) is 85.1 Å². The third kappa shape index (κ3) is 29.5. The van der Waals surface area contributed by atoms with Crippen LogP contribution in [0.2, 0.25) is 0 Å². The van der Waals surface area contributed by atoms with Crippen LogP contribution in [0.25, 0.3) is 0 Å². The summed E-state index contributed by atoms with van der Waals surface area (Å²) in [6.07, 6.45) is 29.9. The Hall–Kier alpha value is -3.03. The quantitative estimate of drug-likeness (QED) is 0.0233. The molecule has 0 aromatic heterocycles.